The Balaban J connectivity index is 1.48. The number of aryl methyl sites for hydroxylation is 1. The van der Waals surface area contributed by atoms with Gasteiger partial charge in [-0.05, 0) is 31.1 Å². The van der Waals surface area contributed by atoms with E-state index in [1.165, 1.54) is 57.8 Å². The molecular weight excluding hydrogens is 246 g/mol. The number of imidazole rings is 1. The van der Waals surface area contributed by atoms with Crippen LogP contribution in [0.15, 0.2) is 12.4 Å². The van der Waals surface area contributed by atoms with E-state index in [0.29, 0.717) is 6.04 Å². The average Bonchev–Trinajstić information content (AvgIpc) is 3.11. The smallest absolute Gasteiger partial charge is 0.202 e. The summed E-state index contributed by atoms with van der Waals surface area (Å²) in [5.41, 5.74) is 0. The Labute approximate surface area is 123 Å². The Bertz CT molecular complexity index is 398. The van der Waals surface area contributed by atoms with E-state index in [1.807, 2.05) is 6.20 Å². The molecule has 1 heterocycles. The van der Waals surface area contributed by atoms with Crippen molar-refractivity contribution in [3.05, 3.63) is 12.4 Å². The molecule has 0 aromatic carbocycles. The van der Waals surface area contributed by atoms with Crippen LogP contribution in [0.3, 0.4) is 0 Å². The molecule has 3 heteroatoms. The highest BCUT2D eigenvalue weighted by molar-refractivity contribution is 5.27. The SMILES string of the molecule is CC1CCC(CCn2ccnc2NC2CCCC2)CC1. The molecule has 2 saturated carbocycles. The molecule has 20 heavy (non-hydrogen) atoms. The molecule has 2 fully saturated rings. The Kier molecular flexibility index (Phi) is 4.64. The minimum absolute atomic E-state index is 0.659. The Morgan fingerprint density at radius 3 is 2.65 bits per heavy atom. The Morgan fingerprint density at radius 2 is 1.90 bits per heavy atom. The van der Waals surface area contributed by atoms with Crippen LogP contribution < -0.4 is 5.32 Å². The van der Waals surface area contributed by atoms with Gasteiger partial charge in [-0.15, -0.1) is 0 Å². The van der Waals surface area contributed by atoms with E-state index in [0.717, 1.165) is 24.3 Å². The van der Waals surface area contributed by atoms with Crippen LogP contribution in [-0.4, -0.2) is 15.6 Å². The zero-order chi connectivity index (χ0) is 13.8. The molecular formula is C17H29N3. The van der Waals surface area contributed by atoms with E-state index in [4.69, 9.17) is 0 Å². The third-order valence-electron chi connectivity index (χ3n) is 5.32. The molecule has 0 aliphatic heterocycles. The standard InChI is InChI=1S/C17H29N3/c1-14-6-8-15(9-7-14)10-12-20-13-11-18-17(20)19-16-4-2-3-5-16/h11,13-16H,2-10,12H2,1H3,(H,18,19). The molecule has 0 unspecified atom stereocenters. The predicted molar refractivity (Wildman–Crippen MR) is 83.8 cm³/mol. The summed E-state index contributed by atoms with van der Waals surface area (Å²) >= 11 is 0. The van der Waals surface area contributed by atoms with Crippen molar-refractivity contribution in [2.45, 2.75) is 77.3 Å². The van der Waals surface area contributed by atoms with Crippen LogP contribution in [0.4, 0.5) is 5.95 Å². The fourth-order valence-corrected chi connectivity index (χ4v) is 3.82. The van der Waals surface area contributed by atoms with Crippen molar-refractivity contribution >= 4 is 5.95 Å². The first kappa shape index (κ1) is 14.0. The maximum Gasteiger partial charge on any atom is 0.202 e. The van der Waals surface area contributed by atoms with Gasteiger partial charge in [-0.25, -0.2) is 4.98 Å². The largest absolute Gasteiger partial charge is 0.353 e. The van der Waals surface area contributed by atoms with Crippen molar-refractivity contribution in [2.24, 2.45) is 11.8 Å². The van der Waals surface area contributed by atoms with Crippen LogP contribution in [0, 0.1) is 11.8 Å². The number of hydrogen-bond acceptors (Lipinski definition) is 2. The third kappa shape index (κ3) is 3.56. The van der Waals surface area contributed by atoms with Gasteiger partial charge in [-0.2, -0.15) is 0 Å². The number of aromatic nitrogens is 2. The first-order valence-corrected chi connectivity index (χ1v) is 8.59. The highest BCUT2D eigenvalue weighted by Crippen LogP contribution is 2.31. The molecule has 0 spiro atoms. The summed E-state index contributed by atoms with van der Waals surface area (Å²) in [7, 11) is 0. The van der Waals surface area contributed by atoms with Crippen LogP contribution in [0.1, 0.15) is 64.7 Å². The van der Waals surface area contributed by atoms with Crippen molar-refractivity contribution in [1.29, 1.82) is 0 Å². The van der Waals surface area contributed by atoms with Gasteiger partial charge in [-0.3, -0.25) is 0 Å². The van der Waals surface area contributed by atoms with E-state index < -0.39 is 0 Å². The Hall–Kier alpha value is -0.990. The van der Waals surface area contributed by atoms with Crippen LogP contribution in [-0.2, 0) is 6.54 Å². The summed E-state index contributed by atoms with van der Waals surface area (Å²) in [4.78, 5) is 4.51. The summed E-state index contributed by atoms with van der Waals surface area (Å²) in [6.45, 7) is 3.53. The minimum Gasteiger partial charge on any atom is -0.353 e. The second-order valence-corrected chi connectivity index (χ2v) is 6.98. The molecule has 1 aromatic heterocycles. The van der Waals surface area contributed by atoms with E-state index in [1.54, 1.807) is 0 Å². The summed E-state index contributed by atoms with van der Waals surface area (Å²) in [5, 5.41) is 3.64. The second kappa shape index (κ2) is 6.64. The van der Waals surface area contributed by atoms with Gasteiger partial charge >= 0.3 is 0 Å². The van der Waals surface area contributed by atoms with Crippen molar-refractivity contribution in [2.75, 3.05) is 5.32 Å². The lowest BCUT2D eigenvalue weighted by molar-refractivity contribution is 0.269. The van der Waals surface area contributed by atoms with E-state index in [9.17, 15) is 0 Å². The van der Waals surface area contributed by atoms with Gasteiger partial charge in [0.2, 0.25) is 5.95 Å². The van der Waals surface area contributed by atoms with Gasteiger partial charge in [0.1, 0.15) is 0 Å². The molecule has 0 radical (unpaired) electrons. The van der Waals surface area contributed by atoms with E-state index >= 15 is 0 Å². The number of anilines is 1. The van der Waals surface area contributed by atoms with E-state index in [2.05, 4.69) is 28.0 Å². The van der Waals surface area contributed by atoms with Crippen molar-refractivity contribution in [3.63, 3.8) is 0 Å². The first-order valence-electron chi connectivity index (χ1n) is 8.59. The first-order chi connectivity index (χ1) is 9.81. The molecule has 0 atom stereocenters. The molecule has 0 amide bonds. The highest BCUT2D eigenvalue weighted by Gasteiger charge is 2.19. The second-order valence-electron chi connectivity index (χ2n) is 6.98. The molecule has 112 valence electrons. The average molecular weight is 275 g/mol. The van der Waals surface area contributed by atoms with Crippen molar-refractivity contribution in [1.82, 2.24) is 9.55 Å². The third-order valence-corrected chi connectivity index (χ3v) is 5.32. The summed E-state index contributed by atoms with van der Waals surface area (Å²) < 4.78 is 2.33. The summed E-state index contributed by atoms with van der Waals surface area (Å²) in [6, 6.07) is 0.659. The van der Waals surface area contributed by atoms with Crippen LogP contribution in [0.25, 0.3) is 0 Å². The fourth-order valence-electron chi connectivity index (χ4n) is 3.82. The lowest BCUT2D eigenvalue weighted by Crippen LogP contribution is -2.19. The van der Waals surface area contributed by atoms with Gasteiger partial charge in [0.25, 0.3) is 0 Å². The zero-order valence-electron chi connectivity index (χ0n) is 12.9. The number of nitrogens with zero attached hydrogens (tertiary/aromatic N) is 2. The molecule has 0 saturated heterocycles. The quantitative estimate of drug-likeness (QED) is 0.860. The molecule has 3 rings (SSSR count). The van der Waals surface area contributed by atoms with Crippen LogP contribution in [0.5, 0.6) is 0 Å². The summed E-state index contributed by atoms with van der Waals surface area (Å²) in [6.07, 6.45) is 16.5. The van der Waals surface area contributed by atoms with E-state index in [-0.39, 0.29) is 0 Å². The molecule has 2 aliphatic carbocycles. The topological polar surface area (TPSA) is 29.9 Å². The summed E-state index contributed by atoms with van der Waals surface area (Å²) in [5.74, 6) is 2.99. The van der Waals surface area contributed by atoms with Crippen LogP contribution >= 0.6 is 0 Å². The van der Waals surface area contributed by atoms with Gasteiger partial charge in [0.05, 0.1) is 0 Å². The zero-order valence-corrected chi connectivity index (χ0v) is 12.9. The fraction of sp³-hybridized carbons (Fsp3) is 0.824. The molecule has 3 nitrogen and oxygen atoms in total. The number of nitrogens with one attached hydrogen (secondary N) is 1. The molecule has 2 aliphatic rings. The molecule has 1 aromatic rings. The number of hydrogen-bond donors (Lipinski definition) is 1. The predicted octanol–water partition coefficient (Wildman–Crippen LogP) is 4.45. The normalized spacial score (nSPS) is 27.9. The maximum atomic E-state index is 4.51. The van der Waals surface area contributed by atoms with Crippen molar-refractivity contribution in [3.8, 4) is 0 Å². The lowest BCUT2D eigenvalue weighted by atomic mass is 9.81. The molecule has 1 N–H and O–H groups in total. The monoisotopic (exact) mass is 275 g/mol. The van der Waals surface area contributed by atoms with Crippen LogP contribution in [0.2, 0.25) is 0 Å². The Morgan fingerprint density at radius 1 is 1.15 bits per heavy atom. The van der Waals surface area contributed by atoms with Gasteiger partial charge in [-0.1, -0.05) is 45.4 Å². The number of rotatable bonds is 5. The maximum absolute atomic E-state index is 4.51. The van der Waals surface area contributed by atoms with Gasteiger partial charge in [0.15, 0.2) is 0 Å². The molecule has 0 bridgehead atoms. The minimum atomic E-state index is 0.659. The highest BCUT2D eigenvalue weighted by atomic mass is 15.2. The lowest BCUT2D eigenvalue weighted by Gasteiger charge is -2.26. The van der Waals surface area contributed by atoms with Crippen molar-refractivity contribution < 1.29 is 0 Å². The van der Waals surface area contributed by atoms with Gasteiger partial charge in [0, 0.05) is 25.0 Å². The van der Waals surface area contributed by atoms with Gasteiger partial charge < -0.3 is 9.88 Å².